The summed E-state index contributed by atoms with van der Waals surface area (Å²) < 4.78 is 57.4. The van der Waals surface area contributed by atoms with Gasteiger partial charge < -0.3 is 4.74 Å². The average molecular weight is 334 g/mol. The van der Waals surface area contributed by atoms with E-state index < -0.39 is 21.7 Å². The molecule has 1 aromatic carbocycles. The molecule has 22 heavy (non-hydrogen) atoms. The molecule has 5 nitrogen and oxygen atoms in total. The molecule has 0 aromatic heterocycles. The standard InChI is InChI=1S/C14H20F2N2O3S/c1-21-13-4-3-12(15)14(16)11(13)9-18-7-5-10(6-8-18)17-22(2,19)20/h3-4,10,17H,5-9H2,1-2H3. The number of methoxy groups -OCH3 is 1. The molecule has 0 atom stereocenters. The summed E-state index contributed by atoms with van der Waals surface area (Å²) in [6.45, 7) is 1.44. The summed E-state index contributed by atoms with van der Waals surface area (Å²) in [5.41, 5.74) is 0.192. The number of rotatable bonds is 5. The van der Waals surface area contributed by atoms with Gasteiger partial charge in [-0.15, -0.1) is 0 Å². The van der Waals surface area contributed by atoms with E-state index in [1.807, 2.05) is 4.90 Å². The number of hydrogen-bond donors (Lipinski definition) is 1. The molecule has 124 valence electrons. The lowest BCUT2D eigenvalue weighted by Crippen LogP contribution is -2.44. The van der Waals surface area contributed by atoms with Gasteiger partial charge in [0.1, 0.15) is 5.75 Å². The van der Waals surface area contributed by atoms with Crippen LogP contribution in [0, 0.1) is 11.6 Å². The fourth-order valence-electron chi connectivity index (χ4n) is 2.65. The van der Waals surface area contributed by atoms with Gasteiger partial charge in [0.15, 0.2) is 11.6 Å². The molecule has 1 aliphatic rings. The highest BCUT2D eigenvalue weighted by atomic mass is 32.2. The molecule has 0 saturated carbocycles. The smallest absolute Gasteiger partial charge is 0.208 e. The third kappa shape index (κ3) is 4.37. The Morgan fingerprint density at radius 3 is 2.50 bits per heavy atom. The van der Waals surface area contributed by atoms with Crippen LogP contribution in [-0.2, 0) is 16.6 Å². The Kier molecular flexibility index (Phi) is 5.36. The summed E-state index contributed by atoms with van der Waals surface area (Å²) in [5.74, 6) is -1.48. The molecule has 1 saturated heterocycles. The Hall–Kier alpha value is -1.25. The van der Waals surface area contributed by atoms with E-state index in [-0.39, 0.29) is 18.2 Å². The first-order chi connectivity index (χ1) is 10.3. The molecular formula is C14H20F2N2O3S. The molecule has 1 heterocycles. The minimum Gasteiger partial charge on any atom is -0.496 e. The Bertz CT molecular complexity index is 629. The van der Waals surface area contributed by atoms with Crippen LogP contribution in [0.5, 0.6) is 5.75 Å². The summed E-state index contributed by atoms with van der Waals surface area (Å²) in [5, 5.41) is 0. The van der Waals surface area contributed by atoms with Gasteiger partial charge in [-0.2, -0.15) is 0 Å². The molecule has 1 aromatic rings. The van der Waals surface area contributed by atoms with Crippen LogP contribution in [0.25, 0.3) is 0 Å². The SMILES string of the molecule is COc1ccc(F)c(F)c1CN1CCC(NS(C)(=O)=O)CC1. The zero-order valence-corrected chi connectivity index (χ0v) is 13.4. The fraction of sp³-hybridized carbons (Fsp3) is 0.571. The van der Waals surface area contributed by atoms with Gasteiger partial charge in [-0.3, -0.25) is 4.90 Å². The van der Waals surface area contributed by atoms with Crippen LogP contribution >= 0.6 is 0 Å². The maximum atomic E-state index is 13.9. The average Bonchev–Trinajstić information content (AvgIpc) is 2.44. The number of hydrogen-bond acceptors (Lipinski definition) is 4. The van der Waals surface area contributed by atoms with E-state index in [2.05, 4.69) is 4.72 Å². The fourth-order valence-corrected chi connectivity index (χ4v) is 3.49. The minimum absolute atomic E-state index is 0.106. The predicted octanol–water partition coefficient (Wildman–Crippen LogP) is 1.49. The molecular weight excluding hydrogens is 314 g/mol. The summed E-state index contributed by atoms with van der Waals surface area (Å²) in [6, 6.07) is 2.34. The highest BCUT2D eigenvalue weighted by Gasteiger charge is 2.24. The topological polar surface area (TPSA) is 58.6 Å². The van der Waals surface area contributed by atoms with E-state index in [1.165, 1.54) is 13.2 Å². The maximum absolute atomic E-state index is 13.9. The highest BCUT2D eigenvalue weighted by Crippen LogP contribution is 2.26. The van der Waals surface area contributed by atoms with Crippen molar-refractivity contribution in [1.29, 1.82) is 0 Å². The number of nitrogens with one attached hydrogen (secondary N) is 1. The van der Waals surface area contributed by atoms with Gasteiger partial charge in [-0.1, -0.05) is 0 Å². The molecule has 8 heteroatoms. The van der Waals surface area contributed by atoms with E-state index >= 15 is 0 Å². The quantitative estimate of drug-likeness (QED) is 0.886. The van der Waals surface area contributed by atoms with Crippen molar-refractivity contribution in [3.63, 3.8) is 0 Å². The van der Waals surface area contributed by atoms with Crippen molar-refractivity contribution in [1.82, 2.24) is 9.62 Å². The molecule has 0 spiro atoms. The molecule has 1 fully saturated rings. The second kappa shape index (κ2) is 6.89. The summed E-state index contributed by atoms with van der Waals surface area (Å²) in [4.78, 5) is 1.96. The van der Waals surface area contributed by atoms with Gasteiger partial charge in [-0.05, 0) is 25.0 Å². The second-order valence-electron chi connectivity index (χ2n) is 5.48. The van der Waals surface area contributed by atoms with E-state index in [9.17, 15) is 17.2 Å². The predicted molar refractivity (Wildman–Crippen MR) is 79.2 cm³/mol. The molecule has 0 unspecified atom stereocenters. The Morgan fingerprint density at radius 2 is 1.95 bits per heavy atom. The molecule has 1 aliphatic heterocycles. The first-order valence-corrected chi connectivity index (χ1v) is 8.90. The summed E-state index contributed by atoms with van der Waals surface area (Å²) >= 11 is 0. The van der Waals surface area contributed by atoms with Crippen molar-refractivity contribution in [2.45, 2.75) is 25.4 Å². The van der Waals surface area contributed by atoms with Crippen LogP contribution in [0.1, 0.15) is 18.4 Å². The third-order valence-electron chi connectivity index (χ3n) is 3.72. The number of sulfonamides is 1. The van der Waals surface area contributed by atoms with Crippen molar-refractivity contribution < 1.29 is 21.9 Å². The van der Waals surface area contributed by atoms with Gasteiger partial charge >= 0.3 is 0 Å². The largest absolute Gasteiger partial charge is 0.496 e. The number of benzene rings is 1. The highest BCUT2D eigenvalue weighted by molar-refractivity contribution is 7.88. The van der Waals surface area contributed by atoms with Crippen LogP contribution in [0.4, 0.5) is 8.78 Å². The third-order valence-corrected chi connectivity index (χ3v) is 4.48. The van der Waals surface area contributed by atoms with Crippen LogP contribution in [0.15, 0.2) is 12.1 Å². The van der Waals surface area contributed by atoms with E-state index in [0.29, 0.717) is 31.7 Å². The van der Waals surface area contributed by atoms with Crippen molar-refractivity contribution in [3.05, 3.63) is 29.3 Å². The molecule has 0 bridgehead atoms. The number of piperidine rings is 1. The molecule has 0 amide bonds. The zero-order chi connectivity index (χ0) is 16.3. The number of ether oxygens (including phenoxy) is 1. The van der Waals surface area contributed by atoms with Crippen LogP contribution < -0.4 is 9.46 Å². The van der Waals surface area contributed by atoms with Gasteiger partial charge in [0, 0.05) is 31.2 Å². The van der Waals surface area contributed by atoms with Crippen molar-refractivity contribution >= 4 is 10.0 Å². The van der Waals surface area contributed by atoms with Crippen LogP contribution in [-0.4, -0.2) is 45.8 Å². The first kappa shape index (κ1) is 17.1. The number of nitrogens with zero attached hydrogens (tertiary/aromatic N) is 1. The van der Waals surface area contributed by atoms with Crippen molar-refractivity contribution in [2.24, 2.45) is 0 Å². The Labute approximate surface area is 129 Å². The van der Waals surface area contributed by atoms with Crippen molar-refractivity contribution in [2.75, 3.05) is 26.5 Å². The Morgan fingerprint density at radius 1 is 1.32 bits per heavy atom. The van der Waals surface area contributed by atoms with Gasteiger partial charge in [0.05, 0.1) is 13.4 Å². The molecule has 0 radical (unpaired) electrons. The first-order valence-electron chi connectivity index (χ1n) is 7.00. The zero-order valence-electron chi connectivity index (χ0n) is 12.6. The van der Waals surface area contributed by atoms with E-state index in [0.717, 1.165) is 12.3 Å². The number of halogens is 2. The molecule has 2 rings (SSSR count). The minimum atomic E-state index is -3.22. The van der Waals surface area contributed by atoms with Crippen LogP contribution in [0.2, 0.25) is 0 Å². The monoisotopic (exact) mass is 334 g/mol. The summed E-state index contributed by atoms with van der Waals surface area (Å²) in [7, 11) is -1.81. The van der Waals surface area contributed by atoms with Gasteiger partial charge in [-0.25, -0.2) is 21.9 Å². The number of likely N-dealkylation sites (tertiary alicyclic amines) is 1. The maximum Gasteiger partial charge on any atom is 0.208 e. The van der Waals surface area contributed by atoms with E-state index in [4.69, 9.17) is 4.74 Å². The molecule has 0 aliphatic carbocycles. The normalized spacial score (nSPS) is 17.6. The second-order valence-corrected chi connectivity index (χ2v) is 7.26. The lowest BCUT2D eigenvalue weighted by atomic mass is 10.0. The summed E-state index contributed by atoms with van der Waals surface area (Å²) in [6.07, 6.45) is 2.39. The lowest BCUT2D eigenvalue weighted by Gasteiger charge is -2.32. The Balaban J connectivity index is 2.01. The van der Waals surface area contributed by atoms with Crippen molar-refractivity contribution in [3.8, 4) is 5.75 Å². The lowest BCUT2D eigenvalue weighted by molar-refractivity contribution is 0.195. The van der Waals surface area contributed by atoms with Crippen LogP contribution in [0.3, 0.4) is 0 Å². The van der Waals surface area contributed by atoms with E-state index in [1.54, 1.807) is 0 Å². The van der Waals surface area contributed by atoms with Gasteiger partial charge in [0.25, 0.3) is 0 Å². The molecule has 1 N–H and O–H groups in total. The van der Waals surface area contributed by atoms with Gasteiger partial charge in [0.2, 0.25) is 10.0 Å².